The number of aliphatic imine (C=N–C) groups is 1. The van der Waals surface area contributed by atoms with E-state index in [-0.39, 0.29) is 28.0 Å². The number of esters is 1. The van der Waals surface area contributed by atoms with Crippen LogP contribution >= 0.6 is 11.5 Å². The number of allylic oxidation sites excluding steroid dienone is 2. The van der Waals surface area contributed by atoms with Crippen LogP contribution in [0.1, 0.15) is 19.7 Å². The lowest BCUT2D eigenvalue weighted by atomic mass is 10.1. The van der Waals surface area contributed by atoms with E-state index >= 15 is 0 Å². The van der Waals surface area contributed by atoms with E-state index in [0.29, 0.717) is 5.56 Å². The minimum absolute atomic E-state index is 0.0512. The molecule has 0 bridgehead atoms. The van der Waals surface area contributed by atoms with Crippen molar-refractivity contribution in [1.82, 2.24) is 9.36 Å². The van der Waals surface area contributed by atoms with Gasteiger partial charge >= 0.3 is 12.1 Å². The Morgan fingerprint density at radius 3 is 2.58 bits per heavy atom. The maximum absolute atomic E-state index is 13.1. The van der Waals surface area contributed by atoms with Crippen LogP contribution in [-0.2, 0) is 19.4 Å². The molecule has 31 heavy (non-hydrogen) atoms. The van der Waals surface area contributed by atoms with Crippen LogP contribution in [0.15, 0.2) is 45.4 Å². The molecule has 2 N–H and O–H groups in total. The summed E-state index contributed by atoms with van der Waals surface area (Å²) in [5, 5.41) is 0.253. The number of benzene rings is 1. The Morgan fingerprint density at radius 2 is 2.00 bits per heavy atom. The fraction of sp³-hybridized carbons (Fsp3) is 0.333. The summed E-state index contributed by atoms with van der Waals surface area (Å²) in [5.74, 6) is -0.923. The normalized spacial score (nSPS) is 13.7. The zero-order valence-electron chi connectivity index (χ0n) is 16.7. The molecule has 2 rings (SSSR count). The third-order valence-electron chi connectivity index (χ3n) is 3.88. The number of halogens is 3. The highest BCUT2D eigenvalue weighted by atomic mass is 32.2. The molecular weight excluding hydrogens is 457 g/mol. The quantitative estimate of drug-likeness (QED) is 0.481. The number of carbonyl (C=O) groups excluding carboxylic acids is 1. The van der Waals surface area contributed by atoms with E-state index in [1.165, 1.54) is 18.2 Å². The fourth-order valence-electron chi connectivity index (χ4n) is 2.34. The van der Waals surface area contributed by atoms with E-state index in [1.54, 1.807) is 13.0 Å². The minimum atomic E-state index is -4.82. The van der Waals surface area contributed by atoms with Gasteiger partial charge in [0.2, 0.25) is 0 Å². The molecule has 1 aromatic carbocycles. The Kier molecular flexibility index (Phi) is 7.54. The first-order valence-corrected chi connectivity index (χ1v) is 11.4. The lowest BCUT2D eigenvalue weighted by Crippen LogP contribution is -2.25. The summed E-state index contributed by atoms with van der Waals surface area (Å²) in [4.78, 5) is 19.8. The van der Waals surface area contributed by atoms with Gasteiger partial charge in [-0.25, -0.2) is 13.4 Å². The second kappa shape index (κ2) is 9.56. The van der Waals surface area contributed by atoms with Gasteiger partial charge in [-0.3, -0.25) is 9.79 Å². The Bertz CT molecular complexity index is 1140. The molecular formula is C18H19F3N4O4S2. The van der Waals surface area contributed by atoms with Crippen molar-refractivity contribution in [3.63, 3.8) is 0 Å². The standard InChI is InChI=1S/C18H19F3N4O4S2/c1-4-29-13(26)9-23-14(10(2)15(22)18(19,20)21)16-24-17(30-25-16)11-6-5-7-12(8-11)31(3,27)28/h5-8H,4,9,22H2,1-3H3. The third kappa shape index (κ3) is 6.34. The van der Waals surface area contributed by atoms with Gasteiger partial charge in [0, 0.05) is 17.4 Å². The highest BCUT2D eigenvalue weighted by Crippen LogP contribution is 2.28. The van der Waals surface area contributed by atoms with Crippen LogP contribution < -0.4 is 5.73 Å². The van der Waals surface area contributed by atoms with Gasteiger partial charge in [-0.15, -0.1) is 0 Å². The summed E-state index contributed by atoms with van der Waals surface area (Å²) in [6.45, 7) is 2.20. The zero-order valence-corrected chi connectivity index (χ0v) is 18.4. The number of sulfone groups is 1. The molecule has 0 aliphatic rings. The number of nitrogens with two attached hydrogens (primary N) is 1. The predicted molar refractivity (Wildman–Crippen MR) is 109 cm³/mol. The third-order valence-corrected chi connectivity index (χ3v) is 5.76. The number of hydrogen-bond acceptors (Lipinski definition) is 9. The Labute approximate surface area is 180 Å². The maximum Gasteiger partial charge on any atom is 0.431 e. The van der Waals surface area contributed by atoms with Crippen molar-refractivity contribution in [3.8, 4) is 10.6 Å². The van der Waals surface area contributed by atoms with Gasteiger partial charge in [0.05, 0.1) is 11.5 Å². The number of aromatic nitrogens is 2. The van der Waals surface area contributed by atoms with E-state index in [0.717, 1.165) is 24.7 Å². The van der Waals surface area contributed by atoms with Gasteiger partial charge in [-0.1, -0.05) is 12.1 Å². The van der Waals surface area contributed by atoms with Crippen molar-refractivity contribution in [2.45, 2.75) is 24.9 Å². The summed E-state index contributed by atoms with van der Waals surface area (Å²) in [6, 6.07) is 5.88. The molecule has 0 spiro atoms. The first-order valence-electron chi connectivity index (χ1n) is 8.73. The van der Waals surface area contributed by atoms with Crippen molar-refractivity contribution in [2.24, 2.45) is 10.7 Å². The molecule has 0 saturated carbocycles. The first kappa shape index (κ1) is 24.5. The predicted octanol–water partition coefficient (Wildman–Crippen LogP) is 2.76. The molecule has 13 heteroatoms. The van der Waals surface area contributed by atoms with Crippen molar-refractivity contribution < 1.29 is 31.1 Å². The molecule has 0 aliphatic carbocycles. The first-order chi connectivity index (χ1) is 14.3. The summed E-state index contributed by atoms with van der Waals surface area (Å²) in [6.07, 6.45) is -3.77. The number of hydrogen-bond donors (Lipinski definition) is 1. The summed E-state index contributed by atoms with van der Waals surface area (Å²) in [5.41, 5.74) is 3.46. The second-order valence-electron chi connectivity index (χ2n) is 6.23. The van der Waals surface area contributed by atoms with E-state index in [9.17, 15) is 26.4 Å². The van der Waals surface area contributed by atoms with Crippen molar-refractivity contribution in [3.05, 3.63) is 41.4 Å². The molecule has 0 saturated heterocycles. The van der Waals surface area contributed by atoms with E-state index in [2.05, 4.69) is 14.3 Å². The van der Waals surface area contributed by atoms with E-state index in [4.69, 9.17) is 10.5 Å². The lowest BCUT2D eigenvalue weighted by molar-refractivity contribution is -0.141. The largest absolute Gasteiger partial charge is 0.465 e. The Morgan fingerprint density at radius 1 is 1.32 bits per heavy atom. The van der Waals surface area contributed by atoms with Crippen molar-refractivity contribution in [1.29, 1.82) is 0 Å². The van der Waals surface area contributed by atoms with Gasteiger partial charge in [0.25, 0.3) is 0 Å². The van der Waals surface area contributed by atoms with Crippen molar-refractivity contribution in [2.75, 3.05) is 19.4 Å². The van der Waals surface area contributed by atoms with Gasteiger partial charge in [0.1, 0.15) is 23.0 Å². The molecule has 1 aromatic heterocycles. The fourth-order valence-corrected chi connectivity index (χ4v) is 3.67. The molecule has 2 aromatic rings. The topological polar surface area (TPSA) is 125 Å². The maximum atomic E-state index is 13.1. The van der Waals surface area contributed by atoms with Crippen LogP contribution in [0.25, 0.3) is 10.6 Å². The lowest BCUT2D eigenvalue weighted by Gasteiger charge is -2.11. The number of rotatable bonds is 7. The second-order valence-corrected chi connectivity index (χ2v) is 9.00. The monoisotopic (exact) mass is 476 g/mol. The smallest absolute Gasteiger partial charge is 0.431 e. The summed E-state index contributed by atoms with van der Waals surface area (Å²) < 4.78 is 71.6. The number of ether oxygens (including phenoxy) is 1. The van der Waals surface area contributed by atoms with E-state index < -0.39 is 39.8 Å². The number of carbonyl (C=O) groups is 1. The molecule has 0 unspecified atom stereocenters. The Balaban J connectivity index is 2.53. The van der Waals surface area contributed by atoms with Crippen LogP contribution in [0.2, 0.25) is 0 Å². The molecule has 168 valence electrons. The van der Waals surface area contributed by atoms with Crippen LogP contribution in [-0.4, -0.2) is 55.0 Å². The average Bonchev–Trinajstić information content (AvgIpc) is 3.16. The number of nitrogens with zero attached hydrogens (tertiary/aromatic N) is 3. The molecule has 0 radical (unpaired) electrons. The molecule has 0 aliphatic heterocycles. The molecule has 0 amide bonds. The highest BCUT2D eigenvalue weighted by molar-refractivity contribution is 7.90. The van der Waals surface area contributed by atoms with Crippen molar-refractivity contribution >= 4 is 33.1 Å². The van der Waals surface area contributed by atoms with Crippen LogP contribution in [0.5, 0.6) is 0 Å². The minimum Gasteiger partial charge on any atom is -0.465 e. The molecule has 0 atom stereocenters. The van der Waals surface area contributed by atoms with Gasteiger partial charge in [-0.2, -0.15) is 17.5 Å². The zero-order chi connectivity index (χ0) is 23.4. The van der Waals surface area contributed by atoms with Crippen LogP contribution in [0.4, 0.5) is 13.2 Å². The summed E-state index contributed by atoms with van der Waals surface area (Å²) in [7, 11) is -3.48. The average molecular weight is 477 g/mol. The Hall–Kier alpha value is -2.80. The molecule has 1 heterocycles. The van der Waals surface area contributed by atoms with Gasteiger partial charge in [-0.05, 0) is 37.5 Å². The highest BCUT2D eigenvalue weighted by Gasteiger charge is 2.35. The van der Waals surface area contributed by atoms with E-state index in [1.807, 2.05) is 0 Å². The molecule has 8 nitrogen and oxygen atoms in total. The SMILES string of the molecule is CCOC(=O)CN=C(C(C)=C(N)C(F)(F)F)c1nsc(-c2cccc(S(C)(=O)=O)c2)n1. The summed E-state index contributed by atoms with van der Waals surface area (Å²) >= 11 is 0.834. The number of alkyl halides is 3. The van der Waals surface area contributed by atoms with Gasteiger partial charge < -0.3 is 10.5 Å². The van der Waals surface area contributed by atoms with Crippen LogP contribution in [0, 0.1) is 0 Å². The molecule has 0 fully saturated rings. The van der Waals surface area contributed by atoms with Gasteiger partial charge in [0.15, 0.2) is 15.7 Å². The van der Waals surface area contributed by atoms with Crippen LogP contribution in [0.3, 0.4) is 0 Å².